The van der Waals surface area contributed by atoms with Gasteiger partial charge in [-0.15, -0.1) is 0 Å². The summed E-state index contributed by atoms with van der Waals surface area (Å²) in [5, 5.41) is 3.67. The molecule has 3 nitrogen and oxygen atoms in total. The smallest absolute Gasteiger partial charge is 0.0593 e. The standard InChI is InChI=1S/C15H32N2O/c1-5-7-16-15-6-8-17(11-14(15)4)9-10-18-12-13(2)3/h13-16H,5-12H2,1-4H3. The van der Waals surface area contributed by atoms with Gasteiger partial charge < -0.3 is 15.0 Å². The highest BCUT2D eigenvalue weighted by molar-refractivity contribution is 4.82. The van der Waals surface area contributed by atoms with E-state index in [1.54, 1.807) is 0 Å². The van der Waals surface area contributed by atoms with E-state index in [1.165, 1.54) is 25.9 Å². The highest BCUT2D eigenvalue weighted by Gasteiger charge is 2.24. The van der Waals surface area contributed by atoms with Gasteiger partial charge in [-0.25, -0.2) is 0 Å². The van der Waals surface area contributed by atoms with Crippen LogP contribution in [0.4, 0.5) is 0 Å². The van der Waals surface area contributed by atoms with Crippen LogP contribution < -0.4 is 5.32 Å². The van der Waals surface area contributed by atoms with Crippen molar-refractivity contribution < 1.29 is 4.74 Å². The maximum absolute atomic E-state index is 5.67. The maximum Gasteiger partial charge on any atom is 0.0593 e. The molecule has 2 unspecified atom stereocenters. The van der Waals surface area contributed by atoms with Crippen LogP contribution in [-0.2, 0) is 4.74 Å². The Hall–Kier alpha value is -0.120. The van der Waals surface area contributed by atoms with Gasteiger partial charge in [0, 0.05) is 25.7 Å². The number of hydrogen-bond acceptors (Lipinski definition) is 3. The van der Waals surface area contributed by atoms with Gasteiger partial charge >= 0.3 is 0 Å². The van der Waals surface area contributed by atoms with Gasteiger partial charge in [0.25, 0.3) is 0 Å². The quantitative estimate of drug-likeness (QED) is 0.675. The molecule has 2 atom stereocenters. The van der Waals surface area contributed by atoms with Gasteiger partial charge in [0.1, 0.15) is 0 Å². The first-order valence-electron chi connectivity index (χ1n) is 7.67. The molecular formula is C15H32N2O. The van der Waals surface area contributed by atoms with Gasteiger partial charge in [-0.2, -0.15) is 0 Å². The molecule has 0 bridgehead atoms. The Morgan fingerprint density at radius 2 is 2.17 bits per heavy atom. The zero-order valence-corrected chi connectivity index (χ0v) is 12.7. The lowest BCUT2D eigenvalue weighted by Gasteiger charge is -2.37. The zero-order chi connectivity index (χ0) is 13.4. The Balaban J connectivity index is 2.12. The van der Waals surface area contributed by atoms with Gasteiger partial charge in [-0.1, -0.05) is 27.7 Å². The summed E-state index contributed by atoms with van der Waals surface area (Å²) in [7, 11) is 0. The molecule has 0 radical (unpaired) electrons. The van der Waals surface area contributed by atoms with Crippen molar-refractivity contribution in [1.82, 2.24) is 10.2 Å². The molecule has 1 aliphatic rings. The second-order valence-corrected chi connectivity index (χ2v) is 6.10. The molecule has 0 aromatic rings. The van der Waals surface area contributed by atoms with Crippen LogP contribution in [0.2, 0.25) is 0 Å². The molecule has 0 aromatic heterocycles. The minimum absolute atomic E-state index is 0.646. The van der Waals surface area contributed by atoms with Crippen LogP contribution >= 0.6 is 0 Å². The number of hydrogen-bond donors (Lipinski definition) is 1. The van der Waals surface area contributed by atoms with E-state index < -0.39 is 0 Å². The normalized spacial score (nSPS) is 25.8. The molecule has 1 heterocycles. The Bertz CT molecular complexity index is 209. The van der Waals surface area contributed by atoms with Crippen molar-refractivity contribution >= 4 is 0 Å². The van der Waals surface area contributed by atoms with E-state index >= 15 is 0 Å². The average Bonchev–Trinajstić information content (AvgIpc) is 2.33. The van der Waals surface area contributed by atoms with E-state index in [2.05, 4.69) is 37.9 Å². The Kier molecular flexibility index (Phi) is 7.87. The van der Waals surface area contributed by atoms with Crippen molar-refractivity contribution in [3.8, 4) is 0 Å². The summed E-state index contributed by atoms with van der Waals surface area (Å²) in [6.45, 7) is 15.5. The monoisotopic (exact) mass is 256 g/mol. The lowest BCUT2D eigenvalue weighted by molar-refractivity contribution is 0.0659. The number of likely N-dealkylation sites (tertiary alicyclic amines) is 1. The molecule has 0 aliphatic carbocycles. The minimum Gasteiger partial charge on any atom is -0.380 e. The van der Waals surface area contributed by atoms with Crippen molar-refractivity contribution in [3.05, 3.63) is 0 Å². The summed E-state index contributed by atoms with van der Waals surface area (Å²) >= 11 is 0. The van der Waals surface area contributed by atoms with Crippen molar-refractivity contribution in [3.63, 3.8) is 0 Å². The predicted molar refractivity (Wildman–Crippen MR) is 78.0 cm³/mol. The summed E-state index contributed by atoms with van der Waals surface area (Å²) in [5.74, 6) is 1.41. The van der Waals surface area contributed by atoms with Crippen LogP contribution in [0.5, 0.6) is 0 Å². The van der Waals surface area contributed by atoms with Crippen LogP contribution in [0.1, 0.15) is 40.5 Å². The van der Waals surface area contributed by atoms with E-state index in [9.17, 15) is 0 Å². The minimum atomic E-state index is 0.646. The van der Waals surface area contributed by atoms with Crippen LogP contribution in [0.3, 0.4) is 0 Å². The molecular weight excluding hydrogens is 224 g/mol. The van der Waals surface area contributed by atoms with Crippen molar-refractivity contribution in [1.29, 1.82) is 0 Å². The molecule has 18 heavy (non-hydrogen) atoms. The number of ether oxygens (including phenoxy) is 1. The first kappa shape index (κ1) is 15.9. The molecule has 1 N–H and O–H groups in total. The highest BCUT2D eigenvalue weighted by Crippen LogP contribution is 2.16. The fourth-order valence-electron chi connectivity index (χ4n) is 2.58. The van der Waals surface area contributed by atoms with Gasteiger partial charge in [-0.3, -0.25) is 0 Å². The van der Waals surface area contributed by atoms with Crippen LogP contribution in [0, 0.1) is 11.8 Å². The van der Waals surface area contributed by atoms with Crippen molar-refractivity contribution in [2.45, 2.75) is 46.6 Å². The molecule has 0 spiro atoms. The first-order valence-corrected chi connectivity index (χ1v) is 7.67. The van der Waals surface area contributed by atoms with E-state index in [0.29, 0.717) is 5.92 Å². The fraction of sp³-hybridized carbons (Fsp3) is 1.00. The van der Waals surface area contributed by atoms with Gasteiger partial charge in [0.05, 0.1) is 6.61 Å². The number of rotatable bonds is 8. The Morgan fingerprint density at radius 1 is 1.39 bits per heavy atom. The molecule has 1 fully saturated rings. The van der Waals surface area contributed by atoms with Gasteiger partial charge in [0.2, 0.25) is 0 Å². The number of piperidine rings is 1. The summed E-state index contributed by atoms with van der Waals surface area (Å²) in [6.07, 6.45) is 2.52. The second kappa shape index (κ2) is 8.89. The zero-order valence-electron chi connectivity index (χ0n) is 12.7. The van der Waals surface area contributed by atoms with Crippen LogP contribution in [0.25, 0.3) is 0 Å². The molecule has 0 amide bonds. The Morgan fingerprint density at radius 3 is 2.78 bits per heavy atom. The van der Waals surface area contributed by atoms with E-state index in [4.69, 9.17) is 4.74 Å². The molecule has 108 valence electrons. The lowest BCUT2D eigenvalue weighted by Crippen LogP contribution is -2.49. The average molecular weight is 256 g/mol. The highest BCUT2D eigenvalue weighted by atomic mass is 16.5. The van der Waals surface area contributed by atoms with Gasteiger partial charge in [-0.05, 0) is 37.8 Å². The maximum atomic E-state index is 5.67. The summed E-state index contributed by atoms with van der Waals surface area (Å²) in [4.78, 5) is 2.55. The number of nitrogens with one attached hydrogen (secondary N) is 1. The predicted octanol–water partition coefficient (Wildman–Crippen LogP) is 2.37. The third-order valence-electron chi connectivity index (χ3n) is 3.65. The first-order chi connectivity index (χ1) is 8.63. The Labute approximate surface area is 113 Å². The van der Waals surface area contributed by atoms with E-state index in [-0.39, 0.29) is 0 Å². The lowest BCUT2D eigenvalue weighted by atomic mass is 9.94. The SMILES string of the molecule is CCCNC1CCN(CCOCC(C)C)CC1C. The van der Waals surface area contributed by atoms with Crippen molar-refractivity contribution in [2.24, 2.45) is 11.8 Å². The molecule has 1 aliphatic heterocycles. The van der Waals surface area contributed by atoms with Crippen molar-refractivity contribution in [2.75, 3.05) is 39.4 Å². The molecule has 0 aromatic carbocycles. The summed E-state index contributed by atoms with van der Waals surface area (Å²) in [6, 6.07) is 0.720. The third-order valence-corrected chi connectivity index (χ3v) is 3.65. The summed E-state index contributed by atoms with van der Waals surface area (Å²) in [5.41, 5.74) is 0. The fourth-order valence-corrected chi connectivity index (χ4v) is 2.58. The second-order valence-electron chi connectivity index (χ2n) is 6.10. The number of nitrogens with zero attached hydrogens (tertiary/aromatic N) is 1. The third kappa shape index (κ3) is 6.17. The summed E-state index contributed by atoms with van der Waals surface area (Å²) < 4.78 is 5.67. The van der Waals surface area contributed by atoms with E-state index in [1.807, 2.05) is 0 Å². The molecule has 3 heteroatoms. The molecule has 1 rings (SSSR count). The topological polar surface area (TPSA) is 24.5 Å². The molecule has 0 saturated carbocycles. The van der Waals surface area contributed by atoms with E-state index in [0.717, 1.165) is 38.3 Å². The molecule has 1 saturated heterocycles. The van der Waals surface area contributed by atoms with Crippen LogP contribution in [-0.4, -0.2) is 50.3 Å². The van der Waals surface area contributed by atoms with Crippen LogP contribution in [0.15, 0.2) is 0 Å². The van der Waals surface area contributed by atoms with Gasteiger partial charge in [0.15, 0.2) is 0 Å². The largest absolute Gasteiger partial charge is 0.380 e.